The zero-order chi connectivity index (χ0) is 14.4. The van der Waals surface area contributed by atoms with Crippen molar-refractivity contribution in [3.05, 3.63) is 30.0 Å². The summed E-state index contributed by atoms with van der Waals surface area (Å²) in [4.78, 5) is 23.0. The van der Waals surface area contributed by atoms with Gasteiger partial charge in [-0.3, -0.25) is 14.7 Å². The molecule has 0 fully saturated rings. The molecular weight excluding hydrogens is 258 g/mol. The smallest absolute Gasteiger partial charge is 0.305 e. The van der Waals surface area contributed by atoms with Crippen LogP contribution in [0.5, 0.6) is 0 Å². The highest BCUT2D eigenvalue weighted by Crippen LogP contribution is 2.12. The maximum atomic E-state index is 11.9. The number of hydrogen-bond acceptors (Lipinski definition) is 4. The summed E-state index contributed by atoms with van der Waals surface area (Å²) in [5.74, 6) is -0.397. The van der Waals surface area contributed by atoms with Gasteiger partial charge in [0, 0.05) is 23.9 Å². The van der Waals surface area contributed by atoms with Crippen molar-refractivity contribution >= 4 is 22.8 Å². The van der Waals surface area contributed by atoms with Crippen LogP contribution in [0.15, 0.2) is 24.4 Å². The van der Waals surface area contributed by atoms with Gasteiger partial charge in [-0.15, -0.1) is 0 Å². The lowest BCUT2D eigenvalue weighted by Gasteiger charge is -2.05. The molecule has 20 heavy (non-hydrogen) atoms. The molecule has 0 atom stereocenters. The first-order valence-electron chi connectivity index (χ1n) is 6.57. The Morgan fingerprint density at radius 2 is 2.25 bits per heavy atom. The number of aromatic amines is 1. The van der Waals surface area contributed by atoms with Gasteiger partial charge in [-0.25, -0.2) is 0 Å². The van der Waals surface area contributed by atoms with Crippen molar-refractivity contribution in [3.8, 4) is 0 Å². The minimum absolute atomic E-state index is 0.162. The number of hydrogen-bond donors (Lipinski definition) is 2. The van der Waals surface area contributed by atoms with Crippen molar-refractivity contribution in [2.45, 2.75) is 19.8 Å². The number of benzene rings is 1. The minimum Gasteiger partial charge on any atom is -0.466 e. The molecule has 0 saturated carbocycles. The van der Waals surface area contributed by atoms with Gasteiger partial charge in [0.1, 0.15) is 0 Å². The number of nitrogens with one attached hydrogen (secondary N) is 2. The largest absolute Gasteiger partial charge is 0.466 e. The van der Waals surface area contributed by atoms with E-state index >= 15 is 0 Å². The molecule has 0 bridgehead atoms. The van der Waals surface area contributed by atoms with E-state index in [4.69, 9.17) is 4.74 Å². The van der Waals surface area contributed by atoms with Gasteiger partial charge in [0.25, 0.3) is 5.91 Å². The molecule has 106 valence electrons. The SMILES string of the molecule is CCOC(=O)CCCNC(=O)c1ccc2cn[nH]c2c1. The first kappa shape index (κ1) is 14.0. The van der Waals surface area contributed by atoms with E-state index in [-0.39, 0.29) is 11.9 Å². The fourth-order valence-electron chi connectivity index (χ4n) is 1.85. The molecule has 0 saturated heterocycles. The third-order valence-corrected chi connectivity index (χ3v) is 2.85. The van der Waals surface area contributed by atoms with Crippen LogP contribution >= 0.6 is 0 Å². The number of ether oxygens (including phenoxy) is 1. The fraction of sp³-hybridized carbons (Fsp3) is 0.357. The van der Waals surface area contributed by atoms with Crippen molar-refractivity contribution in [2.75, 3.05) is 13.2 Å². The number of rotatable bonds is 6. The maximum absolute atomic E-state index is 11.9. The van der Waals surface area contributed by atoms with Crippen LogP contribution in [0.1, 0.15) is 30.1 Å². The van der Waals surface area contributed by atoms with Crippen molar-refractivity contribution in [1.29, 1.82) is 0 Å². The van der Waals surface area contributed by atoms with E-state index in [2.05, 4.69) is 15.5 Å². The van der Waals surface area contributed by atoms with Crippen LogP contribution in [0.4, 0.5) is 0 Å². The van der Waals surface area contributed by atoms with E-state index < -0.39 is 0 Å². The molecule has 1 aromatic heterocycles. The number of carbonyl (C=O) groups excluding carboxylic acids is 2. The number of carbonyl (C=O) groups is 2. The number of fused-ring (bicyclic) bond motifs is 1. The Morgan fingerprint density at radius 1 is 1.40 bits per heavy atom. The number of aromatic nitrogens is 2. The molecule has 0 spiro atoms. The quantitative estimate of drug-likeness (QED) is 0.620. The topological polar surface area (TPSA) is 84.1 Å². The van der Waals surface area contributed by atoms with Crippen molar-refractivity contribution in [2.24, 2.45) is 0 Å². The van der Waals surface area contributed by atoms with Crippen LogP contribution in [-0.4, -0.2) is 35.2 Å². The third kappa shape index (κ3) is 3.57. The normalized spacial score (nSPS) is 10.4. The van der Waals surface area contributed by atoms with Gasteiger partial charge in [0.05, 0.1) is 18.3 Å². The Bertz CT molecular complexity index is 606. The number of esters is 1. The second kappa shape index (κ2) is 6.70. The summed E-state index contributed by atoms with van der Waals surface area (Å²) < 4.78 is 4.81. The molecular formula is C14H17N3O3. The lowest BCUT2D eigenvalue weighted by Crippen LogP contribution is -2.25. The summed E-state index contributed by atoms with van der Waals surface area (Å²) in [6, 6.07) is 5.34. The Morgan fingerprint density at radius 3 is 3.05 bits per heavy atom. The van der Waals surface area contributed by atoms with E-state index in [1.165, 1.54) is 0 Å². The van der Waals surface area contributed by atoms with Crippen molar-refractivity contribution in [1.82, 2.24) is 15.5 Å². The predicted octanol–water partition coefficient (Wildman–Crippen LogP) is 1.64. The summed E-state index contributed by atoms with van der Waals surface area (Å²) in [5.41, 5.74) is 1.39. The van der Waals surface area contributed by atoms with Crippen LogP contribution in [-0.2, 0) is 9.53 Å². The molecule has 6 heteroatoms. The highest BCUT2D eigenvalue weighted by atomic mass is 16.5. The summed E-state index contributed by atoms with van der Waals surface area (Å²) in [7, 11) is 0. The van der Waals surface area contributed by atoms with Crippen molar-refractivity contribution < 1.29 is 14.3 Å². The summed E-state index contributed by atoms with van der Waals surface area (Å²) >= 11 is 0. The molecule has 0 aliphatic heterocycles. The molecule has 2 rings (SSSR count). The van der Waals surface area contributed by atoms with Crippen LogP contribution < -0.4 is 5.32 Å². The molecule has 1 aromatic carbocycles. The predicted molar refractivity (Wildman–Crippen MR) is 74.3 cm³/mol. The Labute approximate surface area is 116 Å². The maximum Gasteiger partial charge on any atom is 0.305 e. The van der Waals surface area contributed by atoms with Gasteiger partial charge >= 0.3 is 5.97 Å². The first-order valence-corrected chi connectivity index (χ1v) is 6.57. The molecule has 2 N–H and O–H groups in total. The number of H-pyrrole nitrogens is 1. The van der Waals surface area contributed by atoms with Gasteiger partial charge in [0.15, 0.2) is 0 Å². The highest BCUT2D eigenvalue weighted by molar-refractivity contribution is 5.97. The molecule has 1 amide bonds. The zero-order valence-corrected chi connectivity index (χ0v) is 11.3. The van der Waals surface area contributed by atoms with Gasteiger partial charge in [0.2, 0.25) is 0 Å². The van der Waals surface area contributed by atoms with Crippen LogP contribution in [0, 0.1) is 0 Å². The lowest BCUT2D eigenvalue weighted by atomic mass is 10.1. The van der Waals surface area contributed by atoms with E-state index in [0.717, 1.165) is 10.9 Å². The van der Waals surface area contributed by atoms with Gasteiger partial charge in [-0.2, -0.15) is 5.10 Å². The third-order valence-electron chi connectivity index (χ3n) is 2.85. The zero-order valence-electron chi connectivity index (χ0n) is 11.3. The average molecular weight is 275 g/mol. The van der Waals surface area contributed by atoms with Gasteiger partial charge in [-0.05, 0) is 25.5 Å². The van der Waals surface area contributed by atoms with Gasteiger partial charge in [-0.1, -0.05) is 6.07 Å². The fourth-order valence-corrected chi connectivity index (χ4v) is 1.85. The molecule has 0 aliphatic rings. The summed E-state index contributed by atoms with van der Waals surface area (Å²) in [5, 5.41) is 10.5. The van der Waals surface area contributed by atoms with Gasteiger partial charge < -0.3 is 10.1 Å². The molecule has 6 nitrogen and oxygen atoms in total. The van der Waals surface area contributed by atoms with Crippen LogP contribution in [0.2, 0.25) is 0 Å². The monoisotopic (exact) mass is 275 g/mol. The Hall–Kier alpha value is -2.37. The Balaban J connectivity index is 1.81. The van der Waals surface area contributed by atoms with E-state index in [1.807, 2.05) is 6.07 Å². The second-order valence-electron chi connectivity index (χ2n) is 4.34. The Kier molecular flexibility index (Phi) is 4.70. The molecule has 2 aromatic rings. The standard InChI is InChI=1S/C14H17N3O3/c1-2-20-13(18)4-3-7-15-14(19)10-5-6-11-9-16-17-12(11)8-10/h5-6,8-9H,2-4,7H2,1H3,(H,15,19)(H,16,17). The molecule has 0 unspecified atom stereocenters. The number of nitrogens with zero attached hydrogens (tertiary/aromatic N) is 1. The van der Waals surface area contributed by atoms with Crippen LogP contribution in [0.3, 0.4) is 0 Å². The average Bonchev–Trinajstić information content (AvgIpc) is 2.91. The van der Waals surface area contributed by atoms with E-state index in [1.54, 1.807) is 25.3 Å². The van der Waals surface area contributed by atoms with E-state index in [0.29, 0.717) is 31.6 Å². The summed E-state index contributed by atoms with van der Waals surface area (Å²) in [6.07, 6.45) is 2.58. The number of amides is 1. The van der Waals surface area contributed by atoms with Crippen molar-refractivity contribution in [3.63, 3.8) is 0 Å². The molecule has 0 aliphatic carbocycles. The summed E-state index contributed by atoms with van der Waals surface area (Å²) in [6.45, 7) is 2.60. The highest BCUT2D eigenvalue weighted by Gasteiger charge is 2.07. The molecule has 0 radical (unpaired) electrons. The molecule has 1 heterocycles. The lowest BCUT2D eigenvalue weighted by molar-refractivity contribution is -0.143. The first-order chi connectivity index (χ1) is 9.70. The van der Waals surface area contributed by atoms with Crippen LogP contribution in [0.25, 0.3) is 10.9 Å². The second-order valence-corrected chi connectivity index (χ2v) is 4.34. The van der Waals surface area contributed by atoms with E-state index in [9.17, 15) is 9.59 Å². The minimum atomic E-state index is -0.236.